The van der Waals surface area contributed by atoms with E-state index in [-0.39, 0.29) is 31.0 Å². The van der Waals surface area contributed by atoms with Crippen LogP contribution in [0.15, 0.2) is 28.9 Å². The summed E-state index contributed by atoms with van der Waals surface area (Å²) in [6, 6.07) is 4.89. The molecular weight excluding hydrogens is 394 g/mol. The summed E-state index contributed by atoms with van der Waals surface area (Å²) in [6.07, 6.45) is 1.65. The highest BCUT2D eigenvalue weighted by Crippen LogP contribution is 2.35. The summed E-state index contributed by atoms with van der Waals surface area (Å²) in [5, 5.41) is 2.94. The third-order valence-corrected chi connectivity index (χ3v) is 4.37. The van der Waals surface area contributed by atoms with Gasteiger partial charge in [-0.1, -0.05) is 12.1 Å². The Kier molecular flexibility index (Phi) is 6.82. The van der Waals surface area contributed by atoms with Crippen molar-refractivity contribution in [3.05, 3.63) is 29.3 Å². The standard InChI is InChI=1S/C16H19N3O8S/c1-24-14(21)8-26-13-4-2-3-11-7-10(5-6-25-15(11)13)12(20)9-28(22,23)27-19-16(17)18/h2-4,7H,5-6,8-9H2,1H3,(H4,17,18,19). The van der Waals surface area contributed by atoms with Crippen LogP contribution in [0.1, 0.15) is 12.0 Å². The van der Waals surface area contributed by atoms with Crippen molar-refractivity contribution in [3.8, 4) is 11.5 Å². The number of oxime groups is 1. The zero-order chi connectivity index (χ0) is 20.7. The van der Waals surface area contributed by atoms with E-state index in [0.717, 1.165) is 0 Å². The van der Waals surface area contributed by atoms with Gasteiger partial charge in [0.2, 0.25) is 5.96 Å². The minimum Gasteiger partial charge on any atom is -0.489 e. The van der Waals surface area contributed by atoms with Crippen molar-refractivity contribution in [2.45, 2.75) is 6.42 Å². The van der Waals surface area contributed by atoms with Gasteiger partial charge in [-0.2, -0.15) is 8.42 Å². The summed E-state index contributed by atoms with van der Waals surface area (Å²) in [4.78, 5) is 23.6. The summed E-state index contributed by atoms with van der Waals surface area (Å²) in [5.74, 6) is -2.17. The van der Waals surface area contributed by atoms with Crippen molar-refractivity contribution in [2.75, 3.05) is 26.1 Å². The highest BCUT2D eigenvalue weighted by molar-refractivity contribution is 7.87. The SMILES string of the molecule is COC(=O)COc1cccc2c1OCCC(C(=O)CS(=O)(=O)ON=C(N)N)=C2. The fraction of sp³-hybridized carbons (Fsp3) is 0.312. The molecule has 0 fully saturated rings. The zero-order valence-corrected chi connectivity index (χ0v) is 15.7. The molecule has 0 saturated carbocycles. The Balaban J connectivity index is 2.20. The Morgan fingerprint density at radius 2 is 2.04 bits per heavy atom. The normalized spacial score (nSPS) is 13.1. The van der Waals surface area contributed by atoms with Crippen molar-refractivity contribution in [1.82, 2.24) is 0 Å². The molecule has 0 aliphatic carbocycles. The van der Waals surface area contributed by atoms with Gasteiger partial charge in [0.1, 0.15) is 0 Å². The Hall–Kier alpha value is -3.28. The topological polar surface area (TPSA) is 170 Å². The molecule has 4 N–H and O–H groups in total. The van der Waals surface area contributed by atoms with Crippen molar-refractivity contribution in [2.24, 2.45) is 16.6 Å². The molecule has 1 aliphatic rings. The molecule has 152 valence electrons. The second-order valence-electron chi connectivity index (χ2n) is 5.52. The van der Waals surface area contributed by atoms with Crippen LogP contribution in [0.25, 0.3) is 6.08 Å². The second-order valence-corrected chi connectivity index (χ2v) is 7.08. The van der Waals surface area contributed by atoms with Gasteiger partial charge < -0.3 is 25.7 Å². The van der Waals surface area contributed by atoms with E-state index in [4.69, 9.17) is 20.9 Å². The quantitative estimate of drug-likeness (QED) is 0.245. The number of Topliss-reactive ketones (excluding diaryl/α,β-unsaturated/α-hetero) is 1. The molecule has 1 aromatic rings. The number of rotatable bonds is 8. The molecule has 0 atom stereocenters. The van der Waals surface area contributed by atoms with E-state index >= 15 is 0 Å². The van der Waals surface area contributed by atoms with Crippen LogP contribution in [0, 0.1) is 0 Å². The van der Waals surface area contributed by atoms with E-state index in [9.17, 15) is 18.0 Å². The predicted molar refractivity (Wildman–Crippen MR) is 97.7 cm³/mol. The Bertz CT molecular complexity index is 920. The summed E-state index contributed by atoms with van der Waals surface area (Å²) < 4.78 is 43.2. The molecule has 0 unspecified atom stereocenters. The lowest BCUT2D eigenvalue weighted by Gasteiger charge is -2.12. The maximum absolute atomic E-state index is 12.4. The van der Waals surface area contributed by atoms with Crippen molar-refractivity contribution < 1.29 is 36.5 Å². The van der Waals surface area contributed by atoms with E-state index in [1.54, 1.807) is 18.2 Å². The van der Waals surface area contributed by atoms with E-state index in [1.165, 1.54) is 13.2 Å². The summed E-state index contributed by atoms with van der Waals surface area (Å²) in [5.41, 5.74) is 10.7. The first-order chi connectivity index (χ1) is 13.2. The lowest BCUT2D eigenvalue weighted by Crippen LogP contribution is -2.25. The molecule has 11 nitrogen and oxygen atoms in total. The van der Waals surface area contributed by atoms with Crippen LogP contribution in [-0.4, -0.2) is 52.2 Å². The van der Waals surface area contributed by atoms with Gasteiger partial charge in [-0.3, -0.25) is 9.08 Å². The molecule has 0 radical (unpaired) electrons. The highest BCUT2D eigenvalue weighted by atomic mass is 32.2. The Labute approximate surface area is 161 Å². The third-order valence-electron chi connectivity index (χ3n) is 3.45. The van der Waals surface area contributed by atoms with Crippen LogP contribution >= 0.6 is 0 Å². The molecular formula is C16H19N3O8S. The molecule has 0 amide bonds. The van der Waals surface area contributed by atoms with Crippen LogP contribution in [0.3, 0.4) is 0 Å². The van der Waals surface area contributed by atoms with Gasteiger partial charge in [-0.15, -0.1) is 0 Å². The minimum atomic E-state index is -4.30. The average molecular weight is 413 g/mol. The van der Waals surface area contributed by atoms with E-state index in [1.807, 2.05) is 0 Å². The number of guanidine groups is 1. The lowest BCUT2D eigenvalue weighted by atomic mass is 10.1. The molecule has 2 rings (SSSR count). The highest BCUT2D eigenvalue weighted by Gasteiger charge is 2.24. The summed E-state index contributed by atoms with van der Waals surface area (Å²) in [7, 11) is -3.06. The number of nitrogens with two attached hydrogens (primary N) is 2. The van der Waals surface area contributed by atoms with Gasteiger partial charge in [0.15, 0.2) is 29.6 Å². The monoisotopic (exact) mass is 413 g/mol. The largest absolute Gasteiger partial charge is 0.489 e. The summed E-state index contributed by atoms with van der Waals surface area (Å²) in [6.45, 7) is -0.218. The average Bonchev–Trinajstić information content (AvgIpc) is 2.87. The zero-order valence-electron chi connectivity index (χ0n) is 14.9. The van der Waals surface area contributed by atoms with E-state index < -0.39 is 33.6 Å². The van der Waals surface area contributed by atoms with Gasteiger partial charge >= 0.3 is 16.1 Å². The van der Waals surface area contributed by atoms with E-state index in [2.05, 4.69) is 14.2 Å². The maximum Gasteiger partial charge on any atom is 0.343 e. The number of ketones is 1. The second kappa shape index (κ2) is 9.08. The smallest absolute Gasteiger partial charge is 0.343 e. The number of carbonyl (C=O) groups is 2. The number of hydrogen-bond acceptors (Lipinski definition) is 9. The number of carbonyl (C=O) groups excluding carboxylic acids is 2. The van der Waals surface area contributed by atoms with Crippen molar-refractivity contribution in [3.63, 3.8) is 0 Å². The molecule has 0 spiro atoms. The number of benzene rings is 1. The number of nitrogens with zero attached hydrogens (tertiary/aromatic N) is 1. The molecule has 1 aliphatic heterocycles. The summed E-state index contributed by atoms with van der Waals surface area (Å²) >= 11 is 0. The fourth-order valence-corrected chi connectivity index (χ4v) is 2.99. The molecule has 1 heterocycles. The Morgan fingerprint density at radius 3 is 2.71 bits per heavy atom. The fourth-order valence-electron chi connectivity index (χ4n) is 2.23. The van der Waals surface area contributed by atoms with Gasteiger partial charge in [0.25, 0.3) is 0 Å². The van der Waals surface area contributed by atoms with Crippen LogP contribution in [0.2, 0.25) is 0 Å². The van der Waals surface area contributed by atoms with Gasteiger partial charge in [0, 0.05) is 17.6 Å². The van der Waals surface area contributed by atoms with Gasteiger partial charge in [0.05, 0.1) is 13.7 Å². The molecule has 0 aromatic heterocycles. The Morgan fingerprint density at radius 1 is 1.29 bits per heavy atom. The van der Waals surface area contributed by atoms with Crippen LogP contribution in [0.5, 0.6) is 11.5 Å². The molecule has 12 heteroatoms. The first-order valence-electron chi connectivity index (χ1n) is 7.91. The van der Waals surface area contributed by atoms with Crippen LogP contribution < -0.4 is 20.9 Å². The molecule has 28 heavy (non-hydrogen) atoms. The minimum absolute atomic E-state index is 0.0952. The number of para-hydroxylation sites is 1. The number of methoxy groups -OCH3 is 1. The number of hydrogen-bond donors (Lipinski definition) is 2. The lowest BCUT2D eigenvalue weighted by molar-refractivity contribution is -0.142. The first-order valence-corrected chi connectivity index (χ1v) is 9.49. The third kappa shape index (κ3) is 5.87. The number of ether oxygens (including phenoxy) is 3. The number of esters is 1. The predicted octanol–water partition coefficient (Wildman–Crippen LogP) is -0.492. The van der Waals surface area contributed by atoms with Crippen molar-refractivity contribution in [1.29, 1.82) is 0 Å². The van der Waals surface area contributed by atoms with Gasteiger partial charge in [-0.25, -0.2) is 4.79 Å². The number of fused-ring (bicyclic) bond motifs is 1. The molecule has 0 bridgehead atoms. The first kappa shape index (κ1) is 21.0. The van der Waals surface area contributed by atoms with Crippen molar-refractivity contribution >= 4 is 33.9 Å². The van der Waals surface area contributed by atoms with Gasteiger partial charge in [-0.05, 0) is 17.3 Å². The molecule has 0 saturated heterocycles. The van der Waals surface area contributed by atoms with Crippen LogP contribution in [-0.2, 0) is 28.7 Å². The van der Waals surface area contributed by atoms with Crippen LogP contribution in [0.4, 0.5) is 0 Å². The molecule has 1 aromatic carbocycles. The van der Waals surface area contributed by atoms with E-state index in [0.29, 0.717) is 11.3 Å². The maximum atomic E-state index is 12.4.